The van der Waals surface area contributed by atoms with E-state index in [0.29, 0.717) is 45.5 Å². The van der Waals surface area contributed by atoms with Crippen LogP contribution in [0, 0.1) is 0 Å². The molecule has 1 aliphatic rings. The van der Waals surface area contributed by atoms with Gasteiger partial charge in [-0.2, -0.15) is 0 Å². The van der Waals surface area contributed by atoms with E-state index < -0.39 is 17.7 Å². The van der Waals surface area contributed by atoms with Gasteiger partial charge in [0.05, 0.1) is 36.1 Å². The molecule has 1 fully saturated rings. The molecule has 1 aliphatic heterocycles. The molecule has 1 atom stereocenters. The number of methoxy groups -OCH3 is 2. The van der Waals surface area contributed by atoms with Gasteiger partial charge in [0, 0.05) is 10.6 Å². The third kappa shape index (κ3) is 5.40. The van der Waals surface area contributed by atoms with E-state index in [4.69, 9.17) is 25.8 Å². The number of ketones is 1. The van der Waals surface area contributed by atoms with Crippen molar-refractivity contribution in [1.29, 1.82) is 0 Å². The smallest absolute Gasteiger partial charge is 0.301 e. The van der Waals surface area contributed by atoms with Gasteiger partial charge in [-0.1, -0.05) is 71.5 Å². The first-order valence-corrected chi connectivity index (χ1v) is 14.4. The molecule has 8 nitrogen and oxygen atoms in total. The number of amides is 1. The number of hydrogen-bond donors (Lipinski definition) is 1. The van der Waals surface area contributed by atoms with Crippen molar-refractivity contribution in [1.82, 2.24) is 4.98 Å². The minimum Gasteiger partial charge on any atom is -0.507 e. The number of nitrogens with zero attached hydrogens (tertiary/aromatic N) is 2. The first-order valence-electron chi connectivity index (χ1n) is 13.2. The molecule has 0 aliphatic carbocycles. The summed E-state index contributed by atoms with van der Waals surface area (Å²) in [4.78, 5) is 33.3. The van der Waals surface area contributed by atoms with Crippen molar-refractivity contribution in [3.05, 3.63) is 118 Å². The molecule has 43 heavy (non-hydrogen) atoms. The maximum atomic E-state index is 13.7. The molecule has 216 valence electrons. The van der Waals surface area contributed by atoms with Crippen LogP contribution in [0.2, 0.25) is 5.02 Å². The molecule has 4 aromatic carbocycles. The molecule has 5 aromatic rings. The summed E-state index contributed by atoms with van der Waals surface area (Å²) in [6.45, 7) is 0.319. The van der Waals surface area contributed by atoms with E-state index in [-0.39, 0.29) is 16.5 Å². The van der Waals surface area contributed by atoms with Gasteiger partial charge in [0.2, 0.25) is 0 Å². The normalized spacial score (nSPS) is 16.1. The van der Waals surface area contributed by atoms with Crippen molar-refractivity contribution in [2.75, 3.05) is 19.1 Å². The third-order valence-corrected chi connectivity index (χ3v) is 8.33. The Balaban J connectivity index is 1.48. The number of carbonyl (C=O) groups is 2. The van der Waals surface area contributed by atoms with Crippen LogP contribution in [0.1, 0.15) is 22.7 Å². The van der Waals surface area contributed by atoms with Gasteiger partial charge >= 0.3 is 5.91 Å². The fourth-order valence-electron chi connectivity index (χ4n) is 4.97. The highest BCUT2D eigenvalue weighted by atomic mass is 35.5. The highest BCUT2D eigenvalue weighted by Crippen LogP contribution is 2.46. The van der Waals surface area contributed by atoms with Crippen LogP contribution in [0.4, 0.5) is 5.13 Å². The summed E-state index contributed by atoms with van der Waals surface area (Å²) in [5.74, 6) is -0.628. The number of fused-ring (bicyclic) bond motifs is 1. The number of aromatic nitrogens is 1. The van der Waals surface area contributed by atoms with Crippen molar-refractivity contribution < 1.29 is 28.9 Å². The Bertz CT molecular complexity index is 1890. The van der Waals surface area contributed by atoms with Crippen molar-refractivity contribution in [3.8, 4) is 17.2 Å². The minimum absolute atomic E-state index is 0.0875. The molecule has 10 heteroatoms. The van der Waals surface area contributed by atoms with E-state index in [1.54, 1.807) is 60.7 Å². The summed E-state index contributed by atoms with van der Waals surface area (Å²) >= 11 is 7.43. The Morgan fingerprint density at radius 1 is 0.930 bits per heavy atom. The fourth-order valence-corrected chi connectivity index (χ4v) is 6.24. The van der Waals surface area contributed by atoms with Crippen LogP contribution in [0.25, 0.3) is 16.0 Å². The average molecular weight is 613 g/mol. The molecule has 0 radical (unpaired) electrons. The summed E-state index contributed by atoms with van der Waals surface area (Å²) in [5.41, 5.74) is 2.37. The lowest BCUT2D eigenvalue weighted by molar-refractivity contribution is -0.132. The largest absolute Gasteiger partial charge is 0.507 e. The van der Waals surface area contributed by atoms with E-state index in [0.717, 1.165) is 10.3 Å². The van der Waals surface area contributed by atoms with Crippen LogP contribution >= 0.6 is 22.9 Å². The second-order valence-electron chi connectivity index (χ2n) is 9.69. The molecule has 1 aromatic heterocycles. The molecule has 0 spiro atoms. The summed E-state index contributed by atoms with van der Waals surface area (Å²) in [6, 6.07) is 25.7. The van der Waals surface area contributed by atoms with E-state index >= 15 is 0 Å². The Kier molecular flexibility index (Phi) is 7.75. The number of benzene rings is 4. The predicted molar refractivity (Wildman–Crippen MR) is 166 cm³/mol. The number of rotatable bonds is 8. The Hall–Kier alpha value is -4.86. The predicted octanol–water partition coefficient (Wildman–Crippen LogP) is 7.17. The van der Waals surface area contributed by atoms with Gasteiger partial charge in [0.15, 0.2) is 16.6 Å². The van der Waals surface area contributed by atoms with E-state index in [1.807, 2.05) is 30.3 Å². The second-order valence-corrected chi connectivity index (χ2v) is 11.1. The molecule has 0 saturated carbocycles. The maximum Gasteiger partial charge on any atom is 0.301 e. The summed E-state index contributed by atoms with van der Waals surface area (Å²) in [5, 5.41) is 12.3. The van der Waals surface area contributed by atoms with Crippen LogP contribution < -0.4 is 19.1 Å². The SMILES string of the molecule is COc1cccc(C(O)=C2C(=O)C(=O)N(c3nc4ccc(Cl)cc4s3)C2c2ccc(OCc3ccccc3)c(OC)c2)c1. The molecular weight excluding hydrogens is 588 g/mol. The quantitative estimate of drug-likeness (QED) is 0.113. The number of anilines is 1. The molecule has 6 rings (SSSR count). The molecule has 1 saturated heterocycles. The third-order valence-electron chi connectivity index (χ3n) is 7.07. The van der Waals surface area contributed by atoms with Gasteiger partial charge in [-0.15, -0.1) is 0 Å². The zero-order valence-corrected chi connectivity index (χ0v) is 24.7. The number of hydrogen-bond acceptors (Lipinski definition) is 8. The fraction of sp³-hybridized carbons (Fsp3) is 0.121. The van der Waals surface area contributed by atoms with Gasteiger partial charge in [0.25, 0.3) is 5.78 Å². The average Bonchev–Trinajstić information content (AvgIpc) is 3.57. The number of Topliss-reactive ketones (excluding diaryl/α,β-unsaturated/α-hetero) is 1. The first-order chi connectivity index (χ1) is 20.9. The van der Waals surface area contributed by atoms with Crippen LogP contribution in [0.5, 0.6) is 17.2 Å². The lowest BCUT2D eigenvalue weighted by Crippen LogP contribution is -2.29. The number of halogens is 1. The van der Waals surface area contributed by atoms with E-state index in [9.17, 15) is 14.7 Å². The number of aliphatic hydroxyl groups is 1. The van der Waals surface area contributed by atoms with E-state index in [1.165, 1.54) is 30.5 Å². The molecule has 0 bridgehead atoms. The minimum atomic E-state index is -1.01. The standard InChI is InChI=1S/C33H25ClN2O6S/c1-40-23-10-6-9-21(15-23)30(37)28-29(20-11-14-25(26(16-20)41-2)42-18-19-7-4-3-5-8-19)36(32(39)31(28)38)33-35-24-13-12-22(34)17-27(24)43-33/h3-17,29,37H,18H2,1-2H3. The molecule has 2 heterocycles. The summed E-state index contributed by atoms with van der Waals surface area (Å²) < 4.78 is 17.8. The summed E-state index contributed by atoms with van der Waals surface area (Å²) in [6.07, 6.45) is 0. The highest BCUT2D eigenvalue weighted by molar-refractivity contribution is 7.22. The Morgan fingerprint density at radius 2 is 1.74 bits per heavy atom. The maximum absolute atomic E-state index is 13.7. The molecular formula is C33H25ClN2O6S. The van der Waals surface area contributed by atoms with Gasteiger partial charge in [-0.3, -0.25) is 14.5 Å². The van der Waals surface area contributed by atoms with Crippen LogP contribution in [-0.2, 0) is 16.2 Å². The van der Waals surface area contributed by atoms with Crippen LogP contribution in [0.3, 0.4) is 0 Å². The monoisotopic (exact) mass is 612 g/mol. The number of ether oxygens (including phenoxy) is 3. The number of aliphatic hydroxyl groups excluding tert-OH is 1. The second kappa shape index (κ2) is 11.8. The van der Waals surface area contributed by atoms with Crippen molar-refractivity contribution >= 4 is 55.7 Å². The zero-order valence-electron chi connectivity index (χ0n) is 23.1. The van der Waals surface area contributed by atoms with Crippen molar-refractivity contribution in [3.63, 3.8) is 0 Å². The van der Waals surface area contributed by atoms with Crippen LogP contribution in [-0.4, -0.2) is 36.0 Å². The van der Waals surface area contributed by atoms with Crippen LogP contribution in [0.15, 0.2) is 96.6 Å². The van der Waals surface area contributed by atoms with Gasteiger partial charge < -0.3 is 19.3 Å². The lowest BCUT2D eigenvalue weighted by atomic mass is 9.95. The first kappa shape index (κ1) is 28.3. The van der Waals surface area contributed by atoms with Gasteiger partial charge in [-0.25, -0.2) is 4.98 Å². The van der Waals surface area contributed by atoms with E-state index in [2.05, 4.69) is 4.98 Å². The molecule has 1 N–H and O–H groups in total. The van der Waals surface area contributed by atoms with Gasteiger partial charge in [-0.05, 0) is 53.6 Å². The molecule has 1 unspecified atom stereocenters. The Labute approximate surface area is 256 Å². The zero-order chi connectivity index (χ0) is 30.1. The number of thiazole rings is 1. The van der Waals surface area contributed by atoms with Crippen molar-refractivity contribution in [2.45, 2.75) is 12.6 Å². The Morgan fingerprint density at radius 3 is 2.51 bits per heavy atom. The summed E-state index contributed by atoms with van der Waals surface area (Å²) in [7, 11) is 3.02. The highest BCUT2D eigenvalue weighted by Gasteiger charge is 2.48. The topological polar surface area (TPSA) is 98.2 Å². The lowest BCUT2D eigenvalue weighted by Gasteiger charge is -2.24. The van der Waals surface area contributed by atoms with Gasteiger partial charge in [0.1, 0.15) is 18.1 Å². The number of carbonyl (C=O) groups excluding carboxylic acids is 2. The molecule has 1 amide bonds. The van der Waals surface area contributed by atoms with Crippen molar-refractivity contribution in [2.24, 2.45) is 0 Å².